The minimum Gasteiger partial charge on any atom is -0.271 e. The van der Waals surface area contributed by atoms with Crippen molar-refractivity contribution >= 4 is 20.4 Å². The highest BCUT2D eigenvalue weighted by Gasteiger charge is 2.67. The van der Waals surface area contributed by atoms with Crippen LogP contribution >= 0.6 is 10.3 Å². The zero-order valence-corrected chi connectivity index (χ0v) is 19.3. The number of ether oxygens (including phenoxy) is 1. The van der Waals surface area contributed by atoms with Crippen LogP contribution in [0.15, 0.2) is 106 Å². The number of benzene rings is 3. The average Bonchev–Trinajstić information content (AvgIpc) is 2.83. The fourth-order valence-corrected chi connectivity index (χ4v) is 8.01. The molecular weight excluding hydrogens is 544 g/mol. The Hall–Kier alpha value is -2.68. The molecule has 36 heavy (non-hydrogen) atoms. The van der Waals surface area contributed by atoms with Crippen molar-refractivity contribution in [3.63, 3.8) is 0 Å². The molecule has 0 N–H and O–H groups in total. The summed E-state index contributed by atoms with van der Waals surface area (Å²) in [5, 5.41) is -5.97. The van der Waals surface area contributed by atoms with Gasteiger partial charge in [0, 0.05) is 14.7 Å². The van der Waals surface area contributed by atoms with E-state index >= 15 is 0 Å². The van der Waals surface area contributed by atoms with Crippen molar-refractivity contribution in [2.24, 2.45) is 0 Å². The van der Waals surface area contributed by atoms with Crippen molar-refractivity contribution in [3.05, 3.63) is 91.0 Å². The quantitative estimate of drug-likeness (QED) is 0.258. The van der Waals surface area contributed by atoms with Gasteiger partial charge < -0.3 is 0 Å². The minimum atomic E-state index is -6.59. The molecule has 0 heterocycles. The van der Waals surface area contributed by atoms with Gasteiger partial charge in [-0.3, -0.25) is 4.74 Å². The van der Waals surface area contributed by atoms with Gasteiger partial charge in [-0.05, 0) is 46.7 Å². The van der Waals surface area contributed by atoms with Gasteiger partial charge in [-0.2, -0.15) is 39.2 Å². The molecular formula is C22H16F8O4S2. The number of halogens is 8. The summed E-state index contributed by atoms with van der Waals surface area (Å²) >= 11 is 0. The van der Waals surface area contributed by atoms with Crippen molar-refractivity contribution < 1.29 is 51.9 Å². The highest BCUT2D eigenvalue weighted by atomic mass is 32.3. The molecule has 4 nitrogen and oxygen atoms in total. The van der Waals surface area contributed by atoms with Crippen molar-refractivity contribution in [2.45, 2.75) is 38.6 Å². The molecule has 0 aliphatic rings. The monoisotopic (exact) mass is 560 g/mol. The van der Waals surface area contributed by atoms with Gasteiger partial charge in [0.25, 0.3) is 6.36 Å². The molecule has 14 heteroatoms. The predicted molar refractivity (Wildman–Crippen MR) is 114 cm³/mol. The second kappa shape index (κ2) is 10.00. The third kappa shape index (κ3) is 5.21. The van der Waals surface area contributed by atoms with E-state index in [0.717, 1.165) is 0 Å². The van der Waals surface area contributed by atoms with Gasteiger partial charge in [0.15, 0.2) is 0 Å². The van der Waals surface area contributed by atoms with Crippen molar-refractivity contribution in [3.8, 4) is 0 Å². The summed E-state index contributed by atoms with van der Waals surface area (Å²) in [6, 6.07) is 21.2. The van der Waals surface area contributed by atoms with Crippen LogP contribution in [0.3, 0.4) is 0 Å². The Morgan fingerprint density at radius 1 is 0.611 bits per heavy atom. The van der Waals surface area contributed by atoms with E-state index in [1.54, 1.807) is 0 Å². The van der Waals surface area contributed by atoms with Crippen molar-refractivity contribution in [2.75, 3.05) is 0 Å². The number of hydrogen-bond donors (Lipinski definition) is 0. The van der Waals surface area contributed by atoms with Crippen LogP contribution in [0.2, 0.25) is 0 Å². The second-order valence-electron chi connectivity index (χ2n) is 7.03. The largest absolute Gasteiger partial charge is 0.483 e. The van der Waals surface area contributed by atoms with Gasteiger partial charge in [0.1, 0.15) is 0 Å². The summed E-state index contributed by atoms with van der Waals surface area (Å²) in [5.41, 5.74) is 0. The first-order valence-electron chi connectivity index (χ1n) is 9.73. The van der Waals surface area contributed by atoms with Crippen molar-refractivity contribution in [1.29, 1.82) is 0 Å². The van der Waals surface area contributed by atoms with Crippen LogP contribution in [0.4, 0.5) is 35.1 Å². The fraction of sp³-hybridized carbons (Fsp3) is 0.182. The molecule has 0 spiro atoms. The van der Waals surface area contributed by atoms with E-state index < -0.39 is 44.3 Å². The summed E-state index contributed by atoms with van der Waals surface area (Å²) in [6.45, 7) is 0. The average molecular weight is 560 g/mol. The smallest absolute Gasteiger partial charge is 0.271 e. The van der Waals surface area contributed by atoms with Crippen LogP contribution in [0.25, 0.3) is 0 Å². The summed E-state index contributed by atoms with van der Waals surface area (Å²) in [5.74, 6) is 0. The van der Waals surface area contributed by atoms with E-state index in [9.17, 15) is 43.5 Å². The van der Waals surface area contributed by atoms with E-state index in [0.29, 0.717) is 0 Å². The van der Waals surface area contributed by atoms with E-state index in [2.05, 4.69) is 4.74 Å². The third-order valence-electron chi connectivity index (χ3n) is 4.60. The Kier molecular flexibility index (Phi) is 7.75. The van der Waals surface area contributed by atoms with Crippen LogP contribution in [0.5, 0.6) is 0 Å². The van der Waals surface area contributed by atoms with Crippen LogP contribution in [-0.4, -0.2) is 32.3 Å². The first kappa shape index (κ1) is 27.9. The van der Waals surface area contributed by atoms with Gasteiger partial charge in [0.05, 0.1) is 0 Å². The molecule has 0 aromatic heterocycles. The molecule has 3 aromatic rings. The molecule has 3 aromatic carbocycles. The molecule has 1 unspecified atom stereocenters. The summed E-state index contributed by atoms with van der Waals surface area (Å²) in [4.78, 5) is 0.0798. The summed E-state index contributed by atoms with van der Waals surface area (Å²) in [6.07, 6.45) is -17.9. The molecule has 0 aliphatic carbocycles. The molecule has 0 radical (unpaired) electrons. The van der Waals surface area contributed by atoms with E-state index in [1.807, 2.05) is 0 Å². The van der Waals surface area contributed by atoms with Crippen molar-refractivity contribution in [1.82, 2.24) is 0 Å². The fourth-order valence-electron chi connectivity index (χ4n) is 2.92. The minimum absolute atomic E-state index is 0.0266. The zero-order valence-electron chi connectivity index (χ0n) is 17.7. The van der Waals surface area contributed by atoms with E-state index in [4.69, 9.17) is 3.63 Å². The summed E-state index contributed by atoms with van der Waals surface area (Å²) < 4.78 is 140. The maximum absolute atomic E-state index is 14.7. The lowest BCUT2D eigenvalue weighted by molar-refractivity contribution is -0.423. The molecule has 3 rings (SSSR count). The number of hydrogen-bond acceptors (Lipinski definition) is 4. The Balaban J connectivity index is 2.19. The van der Waals surface area contributed by atoms with Gasteiger partial charge in [-0.25, -0.2) is 8.02 Å². The van der Waals surface area contributed by atoms with E-state index in [1.165, 1.54) is 91.0 Å². The van der Waals surface area contributed by atoms with Crippen LogP contribution in [0.1, 0.15) is 0 Å². The van der Waals surface area contributed by atoms with Gasteiger partial charge in [-0.15, -0.1) is 0 Å². The Labute approximate surface area is 202 Å². The SMILES string of the molecule is O=S(=O)(OS(c1ccccc1)(c1ccccc1)c1ccccc1)C(F)(F)C(F)OC(F)(F)C(F)(F)F. The van der Waals surface area contributed by atoms with Crippen LogP contribution < -0.4 is 0 Å². The Morgan fingerprint density at radius 3 is 1.25 bits per heavy atom. The van der Waals surface area contributed by atoms with Gasteiger partial charge in [0.2, 0.25) is 0 Å². The Bertz CT molecular complexity index is 1160. The van der Waals surface area contributed by atoms with Gasteiger partial charge >= 0.3 is 27.7 Å². The maximum atomic E-state index is 14.7. The van der Waals surface area contributed by atoms with Crippen LogP contribution in [-0.2, 0) is 18.5 Å². The molecule has 0 fully saturated rings. The molecule has 0 amide bonds. The topological polar surface area (TPSA) is 52.6 Å². The normalized spacial score (nSPS) is 14.9. The lowest BCUT2D eigenvalue weighted by Crippen LogP contribution is -2.49. The molecule has 0 saturated heterocycles. The summed E-state index contributed by atoms with van der Waals surface area (Å²) in [7, 11) is -10.3. The Morgan fingerprint density at radius 2 is 0.944 bits per heavy atom. The molecule has 196 valence electrons. The molecule has 0 bridgehead atoms. The highest BCUT2D eigenvalue weighted by molar-refractivity contribution is 8.33. The number of alkyl halides is 8. The first-order valence-corrected chi connectivity index (χ1v) is 12.7. The maximum Gasteiger partial charge on any atom is 0.483 e. The lowest BCUT2D eigenvalue weighted by Gasteiger charge is -2.40. The molecule has 0 aliphatic heterocycles. The van der Waals surface area contributed by atoms with Crippen LogP contribution in [0, 0.1) is 0 Å². The first-order chi connectivity index (χ1) is 16.7. The lowest BCUT2D eigenvalue weighted by atomic mass is 10.4. The molecule has 0 saturated carbocycles. The van der Waals surface area contributed by atoms with Gasteiger partial charge in [-0.1, -0.05) is 54.6 Å². The predicted octanol–water partition coefficient (Wildman–Crippen LogP) is 7.29. The number of rotatable bonds is 9. The zero-order chi connectivity index (χ0) is 26.8. The standard InChI is InChI=1S/C22H16F8O4S2/c23-19(33-22(29,30)21(26,27)28)20(24,25)36(31,32)34-35(16-10-4-1-5-11-16,17-12-6-2-7-13-17)18-14-8-3-9-15-18/h1-15,19H. The van der Waals surface area contributed by atoms with E-state index in [-0.39, 0.29) is 14.7 Å². The second-order valence-corrected chi connectivity index (χ2v) is 11.6. The molecule has 1 atom stereocenters. The third-order valence-corrected chi connectivity index (χ3v) is 9.79. The highest BCUT2D eigenvalue weighted by Crippen LogP contribution is 2.70.